The molecule has 0 aliphatic carbocycles. The van der Waals surface area contributed by atoms with Crippen LogP contribution < -0.4 is 9.47 Å². The summed E-state index contributed by atoms with van der Waals surface area (Å²) in [6.45, 7) is 2.39. The zero-order chi connectivity index (χ0) is 16.3. The average Bonchev–Trinajstić information content (AvgIpc) is 3.03. The predicted octanol–water partition coefficient (Wildman–Crippen LogP) is 2.33. The zero-order valence-corrected chi connectivity index (χ0v) is 14.5. The van der Waals surface area contributed by atoms with Crippen molar-refractivity contribution in [2.75, 3.05) is 39.7 Å². The Morgan fingerprint density at radius 2 is 2.00 bits per heavy atom. The highest BCUT2D eigenvalue weighted by Gasteiger charge is 2.40. The van der Waals surface area contributed by atoms with E-state index in [4.69, 9.17) is 14.2 Å². The van der Waals surface area contributed by atoms with Crippen LogP contribution in [0.1, 0.15) is 18.4 Å². The molecule has 126 valence electrons. The standard InChI is InChI=1S/C17H23NO4S/c1-20-14-4-3-13(11-15(14)21-2)12-16(19)18-7-5-17(6-8-18)22-9-10-23-17/h3-4,11H,5-10,12H2,1-2H3. The second-order valence-electron chi connectivity index (χ2n) is 5.85. The van der Waals surface area contributed by atoms with Crippen molar-refractivity contribution >= 4 is 17.7 Å². The Labute approximate surface area is 141 Å². The molecule has 2 saturated heterocycles. The van der Waals surface area contributed by atoms with Gasteiger partial charge in [0.25, 0.3) is 0 Å². The molecule has 6 heteroatoms. The summed E-state index contributed by atoms with van der Waals surface area (Å²) >= 11 is 1.90. The third kappa shape index (κ3) is 3.58. The molecule has 0 radical (unpaired) electrons. The normalized spacial score (nSPS) is 19.8. The molecule has 0 bridgehead atoms. The summed E-state index contributed by atoms with van der Waals surface area (Å²) in [6, 6.07) is 5.63. The third-order valence-electron chi connectivity index (χ3n) is 4.49. The quantitative estimate of drug-likeness (QED) is 0.844. The minimum Gasteiger partial charge on any atom is -0.493 e. The van der Waals surface area contributed by atoms with Gasteiger partial charge in [-0.1, -0.05) is 6.07 Å². The molecule has 3 rings (SSSR count). The molecule has 1 aromatic rings. The Hall–Kier alpha value is -1.40. The molecule has 0 unspecified atom stereocenters. The van der Waals surface area contributed by atoms with E-state index in [1.807, 2.05) is 34.9 Å². The monoisotopic (exact) mass is 337 g/mol. The average molecular weight is 337 g/mol. The molecular formula is C17H23NO4S. The molecule has 5 nitrogen and oxygen atoms in total. The van der Waals surface area contributed by atoms with Crippen molar-refractivity contribution in [3.63, 3.8) is 0 Å². The number of carbonyl (C=O) groups is 1. The van der Waals surface area contributed by atoms with Gasteiger partial charge in [0, 0.05) is 31.7 Å². The van der Waals surface area contributed by atoms with Gasteiger partial charge in [0.1, 0.15) is 4.93 Å². The number of hydrogen-bond acceptors (Lipinski definition) is 5. The first kappa shape index (κ1) is 16.5. The fraction of sp³-hybridized carbons (Fsp3) is 0.588. The van der Waals surface area contributed by atoms with Crippen LogP contribution in [0.5, 0.6) is 11.5 Å². The number of nitrogens with zero attached hydrogens (tertiary/aromatic N) is 1. The van der Waals surface area contributed by atoms with Crippen molar-refractivity contribution < 1.29 is 19.0 Å². The summed E-state index contributed by atoms with van der Waals surface area (Å²) in [5.41, 5.74) is 0.944. The van der Waals surface area contributed by atoms with Crippen molar-refractivity contribution in [2.45, 2.75) is 24.2 Å². The largest absolute Gasteiger partial charge is 0.493 e. The number of thioether (sulfide) groups is 1. The van der Waals surface area contributed by atoms with E-state index in [1.165, 1.54) is 0 Å². The van der Waals surface area contributed by atoms with Crippen LogP contribution in [0.25, 0.3) is 0 Å². The van der Waals surface area contributed by atoms with Crippen LogP contribution in [0, 0.1) is 0 Å². The number of likely N-dealkylation sites (tertiary alicyclic amines) is 1. The number of carbonyl (C=O) groups excluding carboxylic acids is 1. The smallest absolute Gasteiger partial charge is 0.226 e. The number of rotatable bonds is 4. The number of ether oxygens (including phenoxy) is 3. The van der Waals surface area contributed by atoms with Gasteiger partial charge in [0.2, 0.25) is 5.91 Å². The third-order valence-corrected chi connectivity index (χ3v) is 5.92. The molecule has 2 aliphatic rings. The first-order chi connectivity index (χ1) is 11.2. The van der Waals surface area contributed by atoms with Crippen LogP contribution in [0.15, 0.2) is 18.2 Å². The van der Waals surface area contributed by atoms with Gasteiger partial charge >= 0.3 is 0 Å². The van der Waals surface area contributed by atoms with Gasteiger partial charge in [0.15, 0.2) is 11.5 Å². The van der Waals surface area contributed by atoms with E-state index < -0.39 is 0 Å². The summed E-state index contributed by atoms with van der Waals surface area (Å²) in [4.78, 5) is 14.5. The number of benzene rings is 1. The van der Waals surface area contributed by atoms with Gasteiger partial charge in [-0.15, -0.1) is 11.8 Å². The molecule has 0 atom stereocenters. The number of amides is 1. The molecule has 1 amide bonds. The van der Waals surface area contributed by atoms with Crippen LogP contribution >= 0.6 is 11.8 Å². The highest BCUT2D eigenvalue weighted by atomic mass is 32.2. The molecule has 2 heterocycles. The van der Waals surface area contributed by atoms with E-state index in [0.717, 1.165) is 43.9 Å². The van der Waals surface area contributed by atoms with Crippen LogP contribution in [0.4, 0.5) is 0 Å². The second-order valence-corrected chi connectivity index (χ2v) is 7.30. The van der Waals surface area contributed by atoms with E-state index in [2.05, 4.69) is 0 Å². The fourth-order valence-electron chi connectivity index (χ4n) is 3.16. The Morgan fingerprint density at radius 1 is 1.26 bits per heavy atom. The lowest BCUT2D eigenvalue weighted by atomic mass is 10.0. The molecule has 1 aromatic carbocycles. The Bertz CT molecular complexity index is 562. The van der Waals surface area contributed by atoms with Crippen molar-refractivity contribution in [1.29, 1.82) is 0 Å². The SMILES string of the molecule is COc1ccc(CC(=O)N2CCC3(CC2)OCCS3)cc1OC. The lowest BCUT2D eigenvalue weighted by Crippen LogP contribution is -2.45. The van der Waals surface area contributed by atoms with E-state index in [9.17, 15) is 4.79 Å². The first-order valence-corrected chi connectivity index (χ1v) is 8.91. The van der Waals surface area contributed by atoms with E-state index in [-0.39, 0.29) is 10.8 Å². The fourth-order valence-corrected chi connectivity index (χ4v) is 4.34. The van der Waals surface area contributed by atoms with Crippen molar-refractivity contribution in [3.8, 4) is 11.5 Å². The molecule has 0 N–H and O–H groups in total. The molecule has 23 heavy (non-hydrogen) atoms. The maximum atomic E-state index is 12.5. The number of piperidine rings is 1. The molecule has 1 spiro atoms. The van der Waals surface area contributed by atoms with E-state index >= 15 is 0 Å². The van der Waals surface area contributed by atoms with Gasteiger partial charge in [-0.2, -0.15) is 0 Å². The summed E-state index contributed by atoms with van der Waals surface area (Å²) in [6.07, 6.45) is 2.24. The highest BCUT2D eigenvalue weighted by molar-refractivity contribution is 8.00. The van der Waals surface area contributed by atoms with Gasteiger partial charge in [-0.05, 0) is 17.7 Å². The maximum Gasteiger partial charge on any atom is 0.226 e. The van der Waals surface area contributed by atoms with Crippen molar-refractivity contribution in [3.05, 3.63) is 23.8 Å². The minimum absolute atomic E-state index is 0.0277. The molecule has 2 fully saturated rings. The summed E-state index contributed by atoms with van der Waals surface area (Å²) in [5, 5.41) is 0. The number of hydrogen-bond donors (Lipinski definition) is 0. The highest BCUT2D eigenvalue weighted by Crippen LogP contribution is 2.41. The summed E-state index contributed by atoms with van der Waals surface area (Å²) in [5.74, 6) is 2.57. The van der Waals surface area contributed by atoms with Gasteiger partial charge in [-0.3, -0.25) is 4.79 Å². The number of methoxy groups -OCH3 is 2. The summed E-state index contributed by atoms with van der Waals surface area (Å²) in [7, 11) is 3.21. The lowest BCUT2D eigenvalue weighted by Gasteiger charge is -2.37. The predicted molar refractivity (Wildman–Crippen MR) is 90.2 cm³/mol. The minimum atomic E-state index is -0.0277. The molecule has 0 saturated carbocycles. The van der Waals surface area contributed by atoms with E-state index in [0.29, 0.717) is 17.9 Å². The van der Waals surface area contributed by atoms with Gasteiger partial charge in [-0.25, -0.2) is 0 Å². The van der Waals surface area contributed by atoms with Crippen molar-refractivity contribution in [2.24, 2.45) is 0 Å². The molecular weight excluding hydrogens is 314 g/mol. The van der Waals surface area contributed by atoms with Gasteiger partial charge < -0.3 is 19.1 Å². The zero-order valence-electron chi connectivity index (χ0n) is 13.7. The van der Waals surface area contributed by atoms with Crippen LogP contribution in [0.3, 0.4) is 0 Å². The Kier molecular flexibility index (Phi) is 5.02. The van der Waals surface area contributed by atoms with Crippen LogP contribution in [-0.2, 0) is 16.0 Å². The van der Waals surface area contributed by atoms with Crippen LogP contribution in [-0.4, -0.2) is 55.4 Å². The summed E-state index contributed by atoms with van der Waals surface area (Å²) < 4.78 is 16.4. The lowest BCUT2D eigenvalue weighted by molar-refractivity contribution is -0.133. The van der Waals surface area contributed by atoms with Crippen molar-refractivity contribution in [1.82, 2.24) is 4.90 Å². The maximum absolute atomic E-state index is 12.5. The molecule has 2 aliphatic heterocycles. The van der Waals surface area contributed by atoms with Crippen LogP contribution in [0.2, 0.25) is 0 Å². The van der Waals surface area contributed by atoms with Gasteiger partial charge in [0.05, 0.1) is 27.2 Å². The Morgan fingerprint density at radius 3 is 2.61 bits per heavy atom. The topological polar surface area (TPSA) is 48.0 Å². The Balaban J connectivity index is 1.59. The first-order valence-electron chi connectivity index (χ1n) is 7.92. The van der Waals surface area contributed by atoms with E-state index in [1.54, 1.807) is 14.2 Å². The second kappa shape index (κ2) is 7.01. The molecule has 0 aromatic heterocycles.